The Kier molecular flexibility index (Phi) is 4.06. The van der Waals surface area contributed by atoms with Crippen LogP contribution in [0.1, 0.15) is 5.56 Å². The molecule has 0 atom stereocenters. The SMILES string of the molecule is Nc1cc(-c2ccc(CF)c(S(N)(=O)=O)c2-c2nn[nH]n2)cc(N)n1. The predicted octanol–water partition coefficient (Wildman–Crippen LogP) is 0.210. The van der Waals surface area contributed by atoms with Gasteiger partial charge in [-0.1, -0.05) is 12.1 Å². The predicted molar refractivity (Wildman–Crippen MR) is 87.9 cm³/mol. The zero-order valence-electron chi connectivity index (χ0n) is 12.6. The quantitative estimate of drug-likeness (QED) is 0.507. The van der Waals surface area contributed by atoms with Gasteiger partial charge in [-0.05, 0) is 28.5 Å². The summed E-state index contributed by atoms with van der Waals surface area (Å²) in [6.45, 7) is -1.04. The zero-order valence-corrected chi connectivity index (χ0v) is 13.5. The fraction of sp³-hybridized carbons (Fsp3) is 0.0769. The van der Waals surface area contributed by atoms with Crippen molar-refractivity contribution in [1.29, 1.82) is 0 Å². The molecule has 0 radical (unpaired) electrons. The summed E-state index contributed by atoms with van der Waals surface area (Å²) >= 11 is 0. The zero-order chi connectivity index (χ0) is 18.2. The van der Waals surface area contributed by atoms with Gasteiger partial charge in [-0.25, -0.2) is 22.9 Å². The van der Waals surface area contributed by atoms with Gasteiger partial charge in [0.15, 0.2) is 0 Å². The molecule has 10 nitrogen and oxygen atoms in total. The summed E-state index contributed by atoms with van der Waals surface area (Å²) in [6.07, 6.45) is 0. The third kappa shape index (κ3) is 3.12. The number of primary sulfonamides is 1. The van der Waals surface area contributed by atoms with Gasteiger partial charge in [0.1, 0.15) is 18.3 Å². The van der Waals surface area contributed by atoms with Gasteiger partial charge in [-0.2, -0.15) is 5.21 Å². The highest BCUT2D eigenvalue weighted by atomic mass is 32.2. The number of aromatic nitrogens is 5. The maximum atomic E-state index is 13.4. The molecule has 1 aromatic carbocycles. The Morgan fingerprint density at radius 3 is 2.36 bits per heavy atom. The van der Waals surface area contributed by atoms with Crippen LogP contribution in [0.4, 0.5) is 16.0 Å². The highest BCUT2D eigenvalue weighted by molar-refractivity contribution is 7.89. The van der Waals surface area contributed by atoms with E-state index in [1.807, 2.05) is 0 Å². The number of halogens is 1. The maximum Gasteiger partial charge on any atom is 0.239 e. The van der Waals surface area contributed by atoms with Gasteiger partial charge in [0.25, 0.3) is 0 Å². The Morgan fingerprint density at radius 1 is 1.16 bits per heavy atom. The van der Waals surface area contributed by atoms with Crippen LogP contribution in [0.15, 0.2) is 29.2 Å². The molecular weight excluding hydrogens is 351 g/mol. The van der Waals surface area contributed by atoms with Crippen molar-refractivity contribution in [2.45, 2.75) is 11.6 Å². The lowest BCUT2D eigenvalue weighted by Gasteiger charge is -2.15. The highest BCUT2D eigenvalue weighted by Gasteiger charge is 2.26. The van der Waals surface area contributed by atoms with Crippen LogP contribution in [-0.4, -0.2) is 34.0 Å². The van der Waals surface area contributed by atoms with E-state index in [-0.39, 0.29) is 28.6 Å². The number of nitrogens with zero attached hydrogens (tertiary/aromatic N) is 4. The van der Waals surface area contributed by atoms with Crippen LogP contribution in [0.5, 0.6) is 0 Å². The number of benzene rings is 1. The number of nitrogens with two attached hydrogens (primary N) is 3. The smallest absolute Gasteiger partial charge is 0.239 e. The fourth-order valence-electron chi connectivity index (χ4n) is 2.52. The van der Waals surface area contributed by atoms with Gasteiger partial charge in [0.05, 0.1) is 10.5 Å². The molecule has 0 saturated carbocycles. The number of H-pyrrole nitrogens is 1. The number of alkyl halides is 1. The molecule has 25 heavy (non-hydrogen) atoms. The largest absolute Gasteiger partial charge is 0.384 e. The molecule has 0 amide bonds. The highest BCUT2D eigenvalue weighted by Crippen LogP contribution is 2.38. The number of rotatable bonds is 4. The summed E-state index contributed by atoms with van der Waals surface area (Å²) in [5.74, 6) is 0.185. The number of nitrogens with one attached hydrogen (secondary N) is 1. The number of hydrogen-bond donors (Lipinski definition) is 4. The van der Waals surface area contributed by atoms with E-state index in [9.17, 15) is 12.8 Å². The topological polar surface area (TPSA) is 180 Å². The molecule has 2 heterocycles. The van der Waals surface area contributed by atoms with Crippen molar-refractivity contribution in [2.24, 2.45) is 5.14 Å². The Morgan fingerprint density at radius 2 is 1.84 bits per heavy atom. The van der Waals surface area contributed by atoms with Gasteiger partial charge in [0, 0.05) is 5.56 Å². The van der Waals surface area contributed by atoms with Crippen molar-refractivity contribution >= 4 is 21.7 Å². The Hall–Kier alpha value is -3.12. The summed E-state index contributed by atoms with van der Waals surface area (Å²) in [4.78, 5) is 3.43. The molecule has 2 aromatic heterocycles. The molecule has 0 aliphatic rings. The lowest BCUT2D eigenvalue weighted by atomic mass is 9.97. The molecule has 0 bridgehead atoms. The second-order valence-corrected chi connectivity index (χ2v) is 6.59. The van der Waals surface area contributed by atoms with E-state index in [1.54, 1.807) is 0 Å². The third-order valence-electron chi connectivity index (χ3n) is 3.41. The van der Waals surface area contributed by atoms with Crippen molar-refractivity contribution in [2.75, 3.05) is 11.5 Å². The van der Waals surface area contributed by atoms with Crippen molar-refractivity contribution < 1.29 is 12.8 Å². The first-order chi connectivity index (χ1) is 11.8. The van der Waals surface area contributed by atoms with E-state index >= 15 is 0 Å². The van der Waals surface area contributed by atoms with Gasteiger partial charge in [0.2, 0.25) is 15.8 Å². The first kappa shape index (κ1) is 16.7. The van der Waals surface area contributed by atoms with Gasteiger partial charge in [-0.15, -0.1) is 10.2 Å². The van der Waals surface area contributed by atoms with E-state index in [0.717, 1.165) is 0 Å². The number of aromatic amines is 1. The molecule has 0 fully saturated rings. The van der Waals surface area contributed by atoms with E-state index in [2.05, 4.69) is 25.6 Å². The van der Waals surface area contributed by atoms with Crippen LogP contribution in [0.25, 0.3) is 22.5 Å². The minimum absolute atomic E-state index is 0.00333. The van der Waals surface area contributed by atoms with E-state index in [0.29, 0.717) is 11.1 Å². The Bertz CT molecular complexity index is 1020. The summed E-state index contributed by atoms with van der Waals surface area (Å²) in [7, 11) is -4.29. The molecule has 0 spiro atoms. The van der Waals surface area contributed by atoms with Crippen LogP contribution >= 0.6 is 0 Å². The van der Waals surface area contributed by atoms with Gasteiger partial charge >= 0.3 is 0 Å². The molecule has 3 aromatic rings. The van der Waals surface area contributed by atoms with Gasteiger partial charge in [-0.3, -0.25) is 0 Å². The summed E-state index contributed by atoms with van der Waals surface area (Å²) < 4.78 is 37.6. The number of pyridine rings is 1. The lowest BCUT2D eigenvalue weighted by molar-refractivity contribution is 0.478. The average molecular weight is 364 g/mol. The summed E-state index contributed by atoms with van der Waals surface area (Å²) in [6, 6.07) is 5.78. The normalized spacial score (nSPS) is 11.6. The number of nitrogen functional groups attached to an aromatic ring is 2. The molecule has 7 N–H and O–H groups in total. The van der Waals surface area contributed by atoms with Crippen LogP contribution in [-0.2, 0) is 16.7 Å². The molecule has 12 heteroatoms. The molecule has 0 unspecified atom stereocenters. The van der Waals surface area contributed by atoms with Gasteiger partial charge < -0.3 is 11.5 Å². The summed E-state index contributed by atoms with van der Waals surface area (Å²) in [5.41, 5.74) is 12.1. The number of anilines is 2. The molecule has 0 aliphatic heterocycles. The second kappa shape index (κ2) is 6.07. The second-order valence-electron chi connectivity index (χ2n) is 5.10. The minimum Gasteiger partial charge on any atom is -0.384 e. The number of sulfonamides is 1. The summed E-state index contributed by atoms with van der Waals surface area (Å²) in [5, 5.41) is 18.5. The Balaban J connectivity index is 2.45. The molecule has 3 rings (SSSR count). The number of tetrazole rings is 1. The van der Waals surface area contributed by atoms with E-state index in [1.165, 1.54) is 24.3 Å². The van der Waals surface area contributed by atoms with E-state index in [4.69, 9.17) is 16.6 Å². The minimum atomic E-state index is -4.29. The monoisotopic (exact) mass is 364 g/mol. The van der Waals surface area contributed by atoms with Crippen molar-refractivity contribution in [3.05, 3.63) is 29.8 Å². The van der Waals surface area contributed by atoms with Crippen molar-refractivity contribution in [1.82, 2.24) is 25.6 Å². The van der Waals surface area contributed by atoms with Crippen molar-refractivity contribution in [3.63, 3.8) is 0 Å². The van der Waals surface area contributed by atoms with Crippen LogP contribution in [0.3, 0.4) is 0 Å². The maximum absolute atomic E-state index is 13.4. The first-order valence-corrected chi connectivity index (χ1v) is 8.37. The molecular formula is C13H13FN8O2S. The Labute approximate surface area is 141 Å². The standard InChI is InChI=1S/C13H13FN8O2S/c14-5-6-1-2-8(7-3-9(15)18-10(16)4-7)11(12(6)25(17,23)24)13-19-21-22-20-13/h1-4H,5H2,(H4,15,16,18)(H2,17,23,24)(H,19,20,21,22). The lowest BCUT2D eigenvalue weighted by Crippen LogP contribution is -2.16. The molecule has 0 aliphatic carbocycles. The fourth-order valence-corrected chi connectivity index (χ4v) is 3.49. The van der Waals surface area contributed by atoms with E-state index < -0.39 is 21.6 Å². The van der Waals surface area contributed by atoms with Crippen molar-refractivity contribution in [3.8, 4) is 22.5 Å². The number of hydrogen-bond acceptors (Lipinski definition) is 8. The third-order valence-corrected chi connectivity index (χ3v) is 4.45. The molecule has 130 valence electrons. The first-order valence-electron chi connectivity index (χ1n) is 6.83. The average Bonchev–Trinajstić information content (AvgIpc) is 3.05. The van der Waals surface area contributed by atoms with Crippen LogP contribution in [0.2, 0.25) is 0 Å². The van der Waals surface area contributed by atoms with Crippen LogP contribution < -0.4 is 16.6 Å². The van der Waals surface area contributed by atoms with Crippen LogP contribution in [0, 0.1) is 0 Å². The molecule has 0 saturated heterocycles.